The van der Waals surface area contributed by atoms with Crippen molar-refractivity contribution >= 4 is 11.9 Å². The van der Waals surface area contributed by atoms with Gasteiger partial charge in [-0.2, -0.15) is 0 Å². The second kappa shape index (κ2) is 62.1. The van der Waals surface area contributed by atoms with Gasteiger partial charge in [-0.1, -0.05) is 341 Å². The van der Waals surface area contributed by atoms with Crippen molar-refractivity contribution in [3.8, 4) is 0 Å². The summed E-state index contributed by atoms with van der Waals surface area (Å²) in [5.41, 5.74) is 0. The average Bonchev–Trinajstić information content (AvgIpc) is 3.38. The molecule has 0 aromatic rings. The Morgan fingerprint density at radius 1 is 0.375 bits per heavy atom. The normalized spacial score (nSPS) is 12.6. The van der Waals surface area contributed by atoms with Crippen LogP contribution in [0.15, 0.2) is 12.2 Å². The molecule has 6 nitrogen and oxygen atoms in total. The lowest BCUT2D eigenvalue weighted by atomic mass is 10.0. The maximum atomic E-state index is 12.4. The van der Waals surface area contributed by atoms with Crippen LogP contribution in [0.25, 0.3) is 0 Å². The van der Waals surface area contributed by atoms with E-state index in [2.05, 4.69) is 19.2 Å². The number of hydrogen-bond donors (Lipinski definition) is 3. The third-order valence-electron chi connectivity index (χ3n) is 15.6. The molecule has 0 heterocycles. The van der Waals surface area contributed by atoms with Gasteiger partial charge in [0.25, 0.3) is 0 Å². The first-order chi connectivity index (χ1) is 35.5. The fourth-order valence-electron chi connectivity index (χ4n) is 10.5. The lowest BCUT2D eigenvalue weighted by Gasteiger charge is -2.20. The molecule has 3 N–H and O–H groups in total. The predicted molar refractivity (Wildman–Crippen MR) is 315 cm³/mol. The predicted octanol–water partition coefficient (Wildman–Crippen LogP) is 20.8. The van der Waals surface area contributed by atoms with Crippen LogP contribution in [0.4, 0.5) is 0 Å². The van der Waals surface area contributed by atoms with E-state index in [1.165, 1.54) is 308 Å². The number of amides is 1. The molecular weight excluding hydrogens is 887 g/mol. The molecule has 2 unspecified atom stereocenters. The first kappa shape index (κ1) is 70.6. The first-order valence-electron chi connectivity index (χ1n) is 33.0. The van der Waals surface area contributed by atoms with Gasteiger partial charge in [-0.05, 0) is 32.1 Å². The molecule has 0 radical (unpaired) electrons. The second-order valence-electron chi connectivity index (χ2n) is 22.8. The van der Waals surface area contributed by atoms with E-state index in [1.807, 2.05) is 6.08 Å². The standard InChI is InChI=1S/C66H129NO5/c1-3-5-7-9-11-13-14-15-37-40-44-48-52-56-60-66(71)72-61-57-53-49-45-41-38-35-33-31-29-27-25-23-21-19-17-16-18-20-22-24-26-28-30-32-34-36-39-43-47-51-55-59-65(70)67-63(62-68)64(69)58-54-50-46-42-12-10-8-6-4-2/h54,58,63-64,68-69H,3-53,55-57,59-62H2,1-2H3,(H,67,70)/b58-54+. The van der Waals surface area contributed by atoms with Crippen LogP contribution in [0.1, 0.15) is 373 Å². The Kier molecular flexibility index (Phi) is 60.9. The minimum Gasteiger partial charge on any atom is -0.466 e. The molecule has 2 atom stereocenters. The molecule has 0 aliphatic carbocycles. The molecule has 0 spiro atoms. The van der Waals surface area contributed by atoms with E-state index in [1.54, 1.807) is 6.08 Å². The highest BCUT2D eigenvalue weighted by atomic mass is 16.5. The number of esters is 1. The van der Waals surface area contributed by atoms with Crippen molar-refractivity contribution in [2.45, 2.75) is 386 Å². The lowest BCUT2D eigenvalue weighted by Crippen LogP contribution is -2.45. The summed E-state index contributed by atoms with van der Waals surface area (Å²) in [6.07, 6.45) is 75.8. The number of ether oxygens (including phenoxy) is 1. The number of hydrogen-bond acceptors (Lipinski definition) is 5. The van der Waals surface area contributed by atoms with Crippen molar-refractivity contribution in [2.75, 3.05) is 13.2 Å². The SMILES string of the molecule is CCCCCCCCC/C=C/C(O)C(CO)NC(=O)CCCCCCCCCCCCCCCCCCCCCCCCCCCCCCCCCCOC(=O)CCCCCCCCCCCCCCCC. The van der Waals surface area contributed by atoms with Gasteiger partial charge in [0.15, 0.2) is 0 Å². The minimum absolute atomic E-state index is 0.0237. The fourth-order valence-corrected chi connectivity index (χ4v) is 10.5. The third-order valence-corrected chi connectivity index (χ3v) is 15.6. The maximum absolute atomic E-state index is 12.4. The summed E-state index contributed by atoms with van der Waals surface area (Å²) in [5, 5.41) is 23.0. The molecule has 0 fully saturated rings. The first-order valence-corrected chi connectivity index (χ1v) is 33.0. The smallest absolute Gasteiger partial charge is 0.305 e. The molecule has 0 aliphatic rings. The highest BCUT2D eigenvalue weighted by Crippen LogP contribution is 2.19. The molecule has 0 bridgehead atoms. The quantitative estimate of drug-likeness (QED) is 0.0320. The molecule has 6 heteroatoms. The number of rotatable bonds is 62. The highest BCUT2D eigenvalue weighted by molar-refractivity contribution is 5.76. The van der Waals surface area contributed by atoms with E-state index in [-0.39, 0.29) is 18.5 Å². The number of aliphatic hydroxyl groups excluding tert-OH is 2. The molecule has 1 amide bonds. The summed E-state index contributed by atoms with van der Waals surface area (Å²) in [6.45, 7) is 4.91. The van der Waals surface area contributed by atoms with E-state index < -0.39 is 12.1 Å². The maximum Gasteiger partial charge on any atom is 0.305 e. The van der Waals surface area contributed by atoms with E-state index >= 15 is 0 Å². The van der Waals surface area contributed by atoms with Crippen molar-refractivity contribution in [3.63, 3.8) is 0 Å². The van der Waals surface area contributed by atoms with Gasteiger partial charge >= 0.3 is 5.97 Å². The van der Waals surface area contributed by atoms with Crippen LogP contribution in [0.5, 0.6) is 0 Å². The Labute approximate surface area is 450 Å². The van der Waals surface area contributed by atoms with Crippen molar-refractivity contribution in [2.24, 2.45) is 0 Å². The van der Waals surface area contributed by atoms with Gasteiger partial charge in [0.05, 0.1) is 25.4 Å². The number of carbonyl (C=O) groups excluding carboxylic acids is 2. The highest BCUT2D eigenvalue weighted by Gasteiger charge is 2.18. The van der Waals surface area contributed by atoms with Crippen molar-refractivity contribution in [3.05, 3.63) is 12.2 Å². The van der Waals surface area contributed by atoms with Gasteiger partial charge in [-0.3, -0.25) is 9.59 Å². The minimum atomic E-state index is -0.838. The summed E-state index contributed by atoms with van der Waals surface area (Å²) in [7, 11) is 0. The fraction of sp³-hybridized carbons (Fsp3) is 0.939. The van der Waals surface area contributed by atoms with Gasteiger partial charge in [0.2, 0.25) is 5.91 Å². The van der Waals surface area contributed by atoms with E-state index in [0.717, 1.165) is 38.5 Å². The number of allylic oxidation sites excluding steroid dienone is 1. The van der Waals surface area contributed by atoms with Gasteiger partial charge in [-0.15, -0.1) is 0 Å². The Balaban J connectivity index is 3.28. The molecule has 0 aromatic heterocycles. The number of aliphatic hydroxyl groups is 2. The Hall–Kier alpha value is -1.40. The van der Waals surface area contributed by atoms with E-state index in [9.17, 15) is 19.8 Å². The zero-order valence-corrected chi connectivity index (χ0v) is 48.9. The Bertz CT molecular complexity index is 1080. The summed E-state index contributed by atoms with van der Waals surface area (Å²) in [6, 6.07) is -0.621. The molecule has 0 aliphatic heterocycles. The number of unbranched alkanes of at least 4 members (excludes halogenated alkanes) is 51. The summed E-state index contributed by atoms with van der Waals surface area (Å²) in [5.74, 6) is -0.0408. The van der Waals surface area contributed by atoms with Crippen molar-refractivity contribution < 1.29 is 24.5 Å². The second-order valence-corrected chi connectivity index (χ2v) is 22.8. The van der Waals surface area contributed by atoms with Gasteiger partial charge in [0.1, 0.15) is 0 Å². The summed E-state index contributed by atoms with van der Waals surface area (Å²) < 4.78 is 5.49. The molecular formula is C66H129NO5. The Morgan fingerprint density at radius 2 is 0.639 bits per heavy atom. The zero-order chi connectivity index (χ0) is 52.2. The van der Waals surface area contributed by atoms with Crippen LogP contribution in [0, 0.1) is 0 Å². The molecule has 72 heavy (non-hydrogen) atoms. The van der Waals surface area contributed by atoms with Crippen molar-refractivity contribution in [1.82, 2.24) is 5.32 Å². The van der Waals surface area contributed by atoms with E-state index in [0.29, 0.717) is 19.4 Å². The average molecular weight is 1020 g/mol. The number of carbonyl (C=O) groups is 2. The Morgan fingerprint density at radius 3 is 0.944 bits per heavy atom. The molecule has 0 saturated carbocycles. The molecule has 0 rings (SSSR count). The lowest BCUT2D eigenvalue weighted by molar-refractivity contribution is -0.143. The van der Waals surface area contributed by atoms with Gasteiger partial charge < -0.3 is 20.3 Å². The summed E-state index contributed by atoms with van der Waals surface area (Å²) in [4.78, 5) is 24.5. The van der Waals surface area contributed by atoms with Crippen LogP contribution in [0.3, 0.4) is 0 Å². The monoisotopic (exact) mass is 1020 g/mol. The molecule has 0 aromatic carbocycles. The van der Waals surface area contributed by atoms with E-state index in [4.69, 9.17) is 4.74 Å². The molecule has 428 valence electrons. The van der Waals surface area contributed by atoms with Crippen LogP contribution >= 0.6 is 0 Å². The van der Waals surface area contributed by atoms with Crippen molar-refractivity contribution in [1.29, 1.82) is 0 Å². The zero-order valence-electron chi connectivity index (χ0n) is 48.9. The van der Waals surface area contributed by atoms with Gasteiger partial charge in [-0.25, -0.2) is 0 Å². The third kappa shape index (κ3) is 57.9. The van der Waals surface area contributed by atoms with Crippen LogP contribution < -0.4 is 5.32 Å². The van der Waals surface area contributed by atoms with Crippen LogP contribution in [0.2, 0.25) is 0 Å². The topological polar surface area (TPSA) is 95.9 Å². The largest absolute Gasteiger partial charge is 0.466 e. The number of nitrogens with one attached hydrogen (secondary N) is 1. The summed E-state index contributed by atoms with van der Waals surface area (Å²) >= 11 is 0. The van der Waals surface area contributed by atoms with Gasteiger partial charge in [0, 0.05) is 12.8 Å². The van der Waals surface area contributed by atoms with Crippen LogP contribution in [-0.4, -0.2) is 47.4 Å². The molecule has 0 saturated heterocycles. The van der Waals surface area contributed by atoms with Crippen LogP contribution in [-0.2, 0) is 14.3 Å².